The fraction of sp³-hybridized carbons (Fsp3) is 0.481. The Kier molecular flexibility index (Phi) is 7.00. The van der Waals surface area contributed by atoms with Crippen molar-refractivity contribution in [2.75, 3.05) is 13.1 Å². The third-order valence-electron chi connectivity index (χ3n) is 7.46. The number of amides is 1. The van der Waals surface area contributed by atoms with E-state index in [1.54, 1.807) is 6.07 Å². The van der Waals surface area contributed by atoms with Crippen molar-refractivity contribution in [2.24, 2.45) is 11.8 Å². The highest BCUT2D eigenvalue weighted by Crippen LogP contribution is 2.30. The molecule has 0 radical (unpaired) electrons. The van der Waals surface area contributed by atoms with Gasteiger partial charge in [-0.3, -0.25) is 14.5 Å². The Hall–Kier alpha value is -3.06. The molecular weight excluding hydrogens is 426 g/mol. The van der Waals surface area contributed by atoms with Gasteiger partial charge in [0, 0.05) is 38.1 Å². The van der Waals surface area contributed by atoms with Gasteiger partial charge in [0.15, 0.2) is 0 Å². The molecule has 2 heterocycles. The Bertz CT molecular complexity index is 1160. The summed E-state index contributed by atoms with van der Waals surface area (Å²) in [6, 6.07) is 18.2. The van der Waals surface area contributed by atoms with Gasteiger partial charge in [-0.05, 0) is 62.1 Å². The second-order valence-corrected chi connectivity index (χ2v) is 9.86. The second kappa shape index (κ2) is 10.5. The molecule has 7 heteroatoms. The van der Waals surface area contributed by atoms with Crippen molar-refractivity contribution in [3.63, 3.8) is 0 Å². The molecule has 1 saturated carbocycles. The van der Waals surface area contributed by atoms with Crippen molar-refractivity contribution < 1.29 is 4.79 Å². The maximum atomic E-state index is 12.9. The van der Waals surface area contributed by atoms with Crippen molar-refractivity contribution in [3.8, 4) is 0 Å². The summed E-state index contributed by atoms with van der Waals surface area (Å²) in [5.74, 6) is 0.652. The fourth-order valence-corrected chi connectivity index (χ4v) is 5.39. The largest absolute Gasteiger partial charge is 0.353 e. The fourth-order valence-electron chi connectivity index (χ4n) is 5.39. The van der Waals surface area contributed by atoms with Crippen molar-refractivity contribution in [2.45, 2.75) is 57.7 Å². The van der Waals surface area contributed by atoms with E-state index < -0.39 is 0 Å². The molecule has 0 spiro atoms. The van der Waals surface area contributed by atoms with E-state index in [1.807, 2.05) is 18.2 Å². The Morgan fingerprint density at radius 3 is 2.38 bits per heavy atom. The number of benzene rings is 2. The molecule has 178 valence electrons. The summed E-state index contributed by atoms with van der Waals surface area (Å²) in [4.78, 5) is 28.1. The number of fused-ring (bicyclic) bond motifs is 1. The summed E-state index contributed by atoms with van der Waals surface area (Å²) >= 11 is 0. The van der Waals surface area contributed by atoms with Crippen molar-refractivity contribution in [1.29, 1.82) is 0 Å². The Balaban J connectivity index is 1.07. The molecule has 34 heavy (non-hydrogen) atoms. The first-order valence-corrected chi connectivity index (χ1v) is 12.5. The van der Waals surface area contributed by atoms with E-state index in [4.69, 9.17) is 0 Å². The number of nitrogens with one attached hydrogen (secondary N) is 1. The average Bonchev–Trinajstić information content (AvgIpc) is 2.88. The van der Waals surface area contributed by atoms with E-state index in [0.29, 0.717) is 23.4 Å². The minimum Gasteiger partial charge on any atom is -0.353 e. The van der Waals surface area contributed by atoms with Gasteiger partial charge in [0.25, 0.3) is 5.56 Å². The van der Waals surface area contributed by atoms with Gasteiger partial charge in [0.1, 0.15) is 5.52 Å². The van der Waals surface area contributed by atoms with E-state index in [1.165, 1.54) is 10.2 Å². The summed E-state index contributed by atoms with van der Waals surface area (Å²) < 4.78 is 1.50. The summed E-state index contributed by atoms with van der Waals surface area (Å²) in [6.07, 6.45) is 5.65. The number of piperidine rings is 1. The number of carbonyl (C=O) groups excluding carboxylic acids is 1. The maximum absolute atomic E-state index is 12.9. The van der Waals surface area contributed by atoms with Crippen LogP contribution in [0.2, 0.25) is 0 Å². The molecular formula is C27H33N5O2. The molecule has 1 saturated heterocycles. The molecule has 1 aliphatic heterocycles. The van der Waals surface area contributed by atoms with Crippen LogP contribution in [0.3, 0.4) is 0 Å². The first-order valence-electron chi connectivity index (χ1n) is 12.5. The average molecular weight is 460 g/mol. The highest BCUT2D eigenvalue weighted by molar-refractivity contribution is 5.79. The Morgan fingerprint density at radius 1 is 0.912 bits per heavy atom. The molecule has 0 atom stereocenters. The highest BCUT2D eigenvalue weighted by Gasteiger charge is 2.29. The zero-order valence-electron chi connectivity index (χ0n) is 19.6. The first kappa shape index (κ1) is 22.7. The van der Waals surface area contributed by atoms with Crippen LogP contribution in [0, 0.1) is 11.8 Å². The topological polar surface area (TPSA) is 80.1 Å². The van der Waals surface area contributed by atoms with E-state index >= 15 is 0 Å². The lowest BCUT2D eigenvalue weighted by molar-refractivity contribution is -0.127. The van der Waals surface area contributed by atoms with Crippen molar-refractivity contribution >= 4 is 16.8 Å². The van der Waals surface area contributed by atoms with Crippen molar-refractivity contribution in [3.05, 3.63) is 70.5 Å². The third kappa shape index (κ3) is 5.36. The van der Waals surface area contributed by atoms with Gasteiger partial charge in [-0.1, -0.05) is 47.7 Å². The SMILES string of the molecule is O=C(NC1CCN(Cc2ccccc2)CC1)C1CCC(Cn2nnc3ccccc3c2=O)CC1. The summed E-state index contributed by atoms with van der Waals surface area (Å²) in [7, 11) is 0. The van der Waals surface area contributed by atoms with Gasteiger partial charge >= 0.3 is 0 Å². The van der Waals surface area contributed by atoms with Gasteiger partial charge in [-0.25, -0.2) is 4.68 Å². The smallest absolute Gasteiger partial charge is 0.277 e. The van der Waals surface area contributed by atoms with Crippen LogP contribution in [0.4, 0.5) is 0 Å². The minimum atomic E-state index is -0.0796. The molecule has 5 rings (SSSR count). The number of rotatable bonds is 6. The Labute approximate surface area is 200 Å². The molecule has 1 amide bonds. The standard InChI is InChI=1S/C27H33N5O2/c33-26(28-23-14-16-31(17-15-23)18-20-6-2-1-3-7-20)22-12-10-21(11-13-22)19-32-27(34)24-8-4-5-9-25(24)29-30-32/h1-9,21-23H,10-19H2,(H,28,33). The number of carbonyl (C=O) groups is 1. The normalized spacial score (nSPS) is 22.0. The molecule has 0 bridgehead atoms. The predicted molar refractivity (Wildman–Crippen MR) is 132 cm³/mol. The second-order valence-electron chi connectivity index (χ2n) is 9.86. The quantitative estimate of drug-likeness (QED) is 0.611. The van der Waals surface area contributed by atoms with Gasteiger partial charge in [-0.15, -0.1) is 5.10 Å². The lowest BCUT2D eigenvalue weighted by atomic mass is 9.81. The highest BCUT2D eigenvalue weighted by atomic mass is 16.2. The molecule has 7 nitrogen and oxygen atoms in total. The van der Waals surface area contributed by atoms with Crippen LogP contribution in [0.15, 0.2) is 59.4 Å². The van der Waals surface area contributed by atoms with Gasteiger partial charge < -0.3 is 5.32 Å². The molecule has 3 aromatic rings. The lowest BCUT2D eigenvalue weighted by Crippen LogP contribution is -2.46. The number of likely N-dealkylation sites (tertiary alicyclic amines) is 1. The predicted octanol–water partition coefficient (Wildman–Crippen LogP) is 3.38. The maximum Gasteiger partial charge on any atom is 0.277 e. The summed E-state index contributed by atoms with van der Waals surface area (Å²) in [5, 5.41) is 12.3. The van der Waals surface area contributed by atoms with Gasteiger partial charge in [0.2, 0.25) is 5.91 Å². The molecule has 2 fully saturated rings. The Morgan fingerprint density at radius 2 is 1.62 bits per heavy atom. The van der Waals surface area contributed by atoms with Crippen LogP contribution in [0.1, 0.15) is 44.1 Å². The summed E-state index contributed by atoms with van der Waals surface area (Å²) in [6.45, 7) is 3.60. The first-order chi connectivity index (χ1) is 16.7. The van der Waals surface area contributed by atoms with Gasteiger partial charge in [-0.2, -0.15) is 0 Å². The summed E-state index contributed by atoms with van der Waals surface area (Å²) in [5.41, 5.74) is 1.90. The van der Waals surface area contributed by atoms with E-state index in [-0.39, 0.29) is 23.4 Å². The molecule has 0 unspecified atom stereocenters. The zero-order chi connectivity index (χ0) is 23.3. The monoisotopic (exact) mass is 459 g/mol. The van der Waals surface area contributed by atoms with Crippen LogP contribution in [0.25, 0.3) is 10.9 Å². The molecule has 1 N–H and O–H groups in total. The van der Waals surface area contributed by atoms with Crippen LogP contribution < -0.4 is 10.9 Å². The van der Waals surface area contributed by atoms with Crippen LogP contribution in [-0.4, -0.2) is 44.9 Å². The molecule has 1 aromatic heterocycles. The zero-order valence-corrected chi connectivity index (χ0v) is 19.6. The number of nitrogens with zero attached hydrogens (tertiary/aromatic N) is 4. The lowest BCUT2D eigenvalue weighted by Gasteiger charge is -2.34. The van der Waals surface area contributed by atoms with E-state index in [9.17, 15) is 9.59 Å². The van der Waals surface area contributed by atoms with Gasteiger partial charge in [0.05, 0.1) is 5.39 Å². The van der Waals surface area contributed by atoms with Crippen LogP contribution >= 0.6 is 0 Å². The molecule has 2 aliphatic rings. The van der Waals surface area contributed by atoms with Crippen molar-refractivity contribution in [1.82, 2.24) is 25.2 Å². The number of hydrogen-bond donors (Lipinski definition) is 1. The van der Waals surface area contributed by atoms with Crippen LogP contribution in [-0.2, 0) is 17.9 Å². The molecule has 2 aromatic carbocycles. The number of aromatic nitrogens is 3. The van der Waals surface area contributed by atoms with Crippen LogP contribution in [0.5, 0.6) is 0 Å². The minimum absolute atomic E-state index is 0.0796. The van der Waals surface area contributed by atoms with E-state index in [0.717, 1.165) is 58.2 Å². The third-order valence-corrected chi connectivity index (χ3v) is 7.46. The number of hydrogen-bond acceptors (Lipinski definition) is 5. The molecule has 1 aliphatic carbocycles. The van der Waals surface area contributed by atoms with E-state index in [2.05, 4.69) is 50.9 Å².